The van der Waals surface area contributed by atoms with E-state index in [9.17, 15) is 4.79 Å². The van der Waals surface area contributed by atoms with Crippen molar-refractivity contribution < 1.29 is 9.90 Å². The molecule has 0 aliphatic rings. The number of hydrogen-bond donors (Lipinski definition) is 1. The van der Waals surface area contributed by atoms with E-state index in [0.29, 0.717) is 0 Å². The van der Waals surface area contributed by atoms with Gasteiger partial charge >= 0.3 is 5.97 Å². The maximum atomic E-state index is 10.4. The van der Waals surface area contributed by atoms with Gasteiger partial charge in [0.2, 0.25) is 0 Å². The number of carbonyl (C=O) groups is 1. The van der Waals surface area contributed by atoms with Crippen LogP contribution in [0.2, 0.25) is 0 Å². The number of nitrogens with zero attached hydrogens (tertiary/aromatic N) is 5. The molecule has 0 atom stereocenters. The summed E-state index contributed by atoms with van der Waals surface area (Å²) in [6, 6.07) is 0. The van der Waals surface area contributed by atoms with Crippen LogP contribution < -0.4 is 0 Å². The number of aromatic nitrogens is 5. The van der Waals surface area contributed by atoms with Crippen molar-refractivity contribution in [2.24, 2.45) is 0 Å². The SMILES string of the molecule is O=C(O)c1cn2ncnc2nn1. The van der Waals surface area contributed by atoms with Crippen LogP contribution in [0.25, 0.3) is 5.78 Å². The number of rotatable bonds is 1. The molecule has 0 aliphatic carbocycles. The Hall–Kier alpha value is -2.05. The van der Waals surface area contributed by atoms with Gasteiger partial charge in [-0.05, 0) is 0 Å². The van der Waals surface area contributed by atoms with E-state index in [1.807, 2.05) is 0 Å². The molecule has 0 unspecified atom stereocenters. The second kappa shape index (κ2) is 2.22. The van der Waals surface area contributed by atoms with Crippen LogP contribution in [0.4, 0.5) is 0 Å². The Kier molecular flexibility index (Phi) is 1.23. The molecule has 0 aliphatic heterocycles. The zero-order chi connectivity index (χ0) is 8.55. The van der Waals surface area contributed by atoms with Gasteiger partial charge in [-0.15, -0.1) is 10.2 Å². The predicted octanol–water partition coefficient (Wildman–Crippen LogP) is -0.782. The normalized spacial score (nSPS) is 10.3. The molecule has 0 amide bonds. The van der Waals surface area contributed by atoms with Crippen molar-refractivity contribution in [3.05, 3.63) is 18.2 Å². The fourth-order valence-electron chi connectivity index (χ4n) is 0.745. The van der Waals surface area contributed by atoms with E-state index in [4.69, 9.17) is 5.11 Å². The standard InChI is InChI=1S/C5H3N5O2/c11-4(12)3-1-10-5(9-8-3)6-2-7-10/h1-2H,(H,11,12). The molecule has 0 aromatic carbocycles. The Morgan fingerprint density at radius 2 is 2.33 bits per heavy atom. The minimum Gasteiger partial charge on any atom is -0.476 e. The van der Waals surface area contributed by atoms with Gasteiger partial charge in [0.25, 0.3) is 5.78 Å². The zero-order valence-corrected chi connectivity index (χ0v) is 5.75. The summed E-state index contributed by atoms with van der Waals surface area (Å²) in [7, 11) is 0. The minimum atomic E-state index is -1.14. The third kappa shape index (κ3) is 0.875. The fraction of sp³-hybridized carbons (Fsp3) is 0. The van der Waals surface area contributed by atoms with Gasteiger partial charge in [0.1, 0.15) is 6.33 Å². The molecule has 2 rings (SSSR count). The average molecular weight is 165 g/mol. The van der Waals surface area contributed by atoms with Crippen LogP contribution in [-0.2, 0) is 0 Å². The Balaban J connectivity index is 2.68. The number of carboxylic acid groups (broad SMARTS) is 1. The predicted molar refractivity (Wildman–Crippen MR) is 35.5 cm³/mol. The molecule has 0 fully saturated rings. The molecular formula is C5H3N5O2. The lowest BCUT2D eigenvalue weighted by Crippen LogP contribution is -2.05. The third-order valence-corrected chi connectivity index (χ3v) is 1.27. The van der Waals surface area contributed by atoms with Crippen molar-refractivity contribution in [2.75, 3.05) is 0 Å². The van der Waals surface area contributed by atoms with Gasteiger partial charge in [0.05, 0.1) is 6.20 Å². The summed E-state index contributed by atoms with van der Waals surface area (Å²) < 4.78 is 1.25. The number of carboxylic acids is 1. The number of fused-ring (bicyclic) bond motifs is 1. The molecular weight excluding hydrogens is 162 g/mol. The first-order valence-corrected chi connectivity index (χ1v) is 3.04. The molecule has 0 radical (unpaired) electrons. The molecule has 0 saturated carbocycles. The second-order valence-corrected chi connectivity index (χ2v) is 2.02. The fourth-order valence-corrected chi connectivity index (χ4v) is 0.745. The van der Waals surface area contributed by atoms with E-state index in [-0.39, 0.29) is 11.5 Å². The highest BCUT2D eigenvalue weighted by molar-refractivity contribution is 5.84. The van der Waals surface area contributed by atoms with Crippen LogP contribution >= 0.6 is 0 Å². The van der Waals surface area contributed by atoms with Gasteiger partial charge in [0.15, 0.2) is 5.69 Å². The Bertz CT molecular complexity index is 436. The van der Waals surface area contributed by atoms with Crippen molar-refractivity contribution in [3.8, 4) is 0 Å². The van der Waals surface area contributed by atoms with Crippen LogP contribution in [0, 0.1) is 0 Å². The lowest BCUT2D eigenvalue weighted by molar-refractivity contribution is 0.0688. The maximum Gasteiger partial charge on any atom is 0.358 e. The van der Waals surface area contributed by atoms with Gasteiger partial charge in [-0.3, -0.25) is 0 Å². The van der Waals surface area contributed by atoms with Crippen molar-refractivity contribution in [1.29, 1.82) is 0 Å². The molecule has 7 heteroatoms. The van der Waals surface area contributed by atoms with Crippen molar-refractivity contribution in [2.45, 2.75) is 0 Å². The lowest BCUT2D eigenvalue weighted by atomic mass is 10.5. The Morgan fingerprint density at radius 3 is 3.08 bits per heavy atom. The van der Waals surface area contributed by atoms with Crippen LogP contribution in [0.15, 0.2) is 12.5 Å². The molecule has 2 aromatic rings. The Labute approximate surface area is 65.7 Å². The first kappa shape index (κ1) is 6.65. The van der Waals surface area contributed by atoms with Crippen LogP contribution in [0.1, 0.15) is 10.5 Å². The van der Waals surface area contributed by atoms with Crippen molar-refractivity contribution >= 4 is 11.7 Å². The van der Waals surface area contributed by atoms with E-state index in [0.717, 1.165) is 0 Å². The van der Waals surface area contributed by atoms with E-state index in [2.05, 4.69) is 20.3 Å². The second-order valence-electron chi connectivity index (χ2n) is 2.02. The van der Waals surface area contributed by atoms with Gasteiger partial charge in [-0.1, -0.05) is 0 Å². The Morgan fingerprint density at radius 1 is 1.50 bits per heavy atom. The summed E-state index contributed by atoms with van der Waals surface area (Å²) in [5.41, 5.74) is -0.159. The first-order valence-electron chi connectivity index (χ1n) is 3.04. The topological polar surface area (TPSA) is 93.3 Å². The monoisotopic (exact) mass is 165 g/mol. The molecule has 0 spiro atoms. The van der Waals surface area contributed by atoms with Gasteiger partial charge < -0.3 is 5.11 Å². The largest absolute Gasteiger partial charge is 0.476 e. The first-order chi connectivity index (χ1) is 5.77. The summed E-state index contributed by atoms with van der Waals surface area (Å²) >= 11 is 0. The highest BCUT2D eigenvalue weighted by Gasteiger charge is 2.06. The molecule has 2 heterocycles. The summed E-state index contributed by atoms with van der Waals surface area (Å²) in [6.45, 7) is 0. The van der Waals surface area contributed by atoms with Crippen molar-refractivity contribution in [1.82, 2.24) is 24.8 Å². The quantitative estimate of drug-likeness (QED) is 0.595. The van der Waals surface area contributed by atoms with Crippen LogP contribution in [-0.4, -0.2) is 35.9 Å². The lowest BCUT2D eigenvalue weighted by Gasteiger charge is -1.91. The summed E-state index contributed by atoms with van der Waals surface area (Å²) in [5, 5.41) is 19.1. The van der Waals surface area contributed by atoms with Gasteiger partial charge in [-0.25, -0.2) is 9.31 Å². The summed E-state index contributed by atoms with van der Waals surface area (Å²) in [6.07, 6.45) is 2.52. The summed E-state index contributed by atoms with van der Waals surface area (Å²) in [4.78, 5) is 14.1. The van der Waals surface area contributed by atoms with Gasteiger partial charge in [0, 0.05) is 0 Å². The molecule has 0 bridgehead atoms. The number of aromatic carboxylic acids is 1. The molecule has 7 nitrogen and oxygen atoms in total. The van der Waals surface area contributed by atoms with E-state index in [1.54, 1.807) is 0 Å². The van der Waals surface area contributed by atoms with Crippen LogP contribution in [0.5, 0.6) is 0 Å². The molecule has 0 saturated heterocycles. The molecule has 1 N–H and O–H groups in total. The highest BCUT2D eigenvalue weighted by atomic mass is 16.4. The summed E-state index contributed by atoms with van der Waals surface area (Å²) in [5.74, 6) is -0.861. The van der Waals surface area contributed by atoms with Gasteiger partial charge in [-0.2, -0.15) is 10.1 Å². The van der Waals surface area contributed by atoms with E-state index in [1.165, 1.54) is 17.0 Å². The van der Waals surface area contributed by atoms with Crippen LogP contribution in [0.3, 0.4) is 0 Å². The van der Waals surface area contributed by atoms with E-state index >= 15 is 0 Å². The smallest absolute Gasteiger partial charge is 0.358 e. The minimum absolute atomic E-state index is 0.159. The zero-order valence-electron chi connectivity index (χ0n) is 5.75. The average Bonchev–Trinajstić information content (AvgIpc) is 2.49. The third-order valence-electron chi connectivity index (χ3n) is 1.27. The maximum absolute atomic E-state index is 10.4. The molecule has 2 aromatic heterocycles. The molecule has 60 valence electrons. The number of hydrogen-bond acceptors (Lipinski definition) is 5. The van der Waals surface area contributed by atoms with Crippen molar-refractivity contribution in [3.63, 3.8) is 0 Å². The van der Waals surface area contributed by atoms with E-state index < -0.39 is 5.97 Å². The molecule has 12 heavy (non-hydrogen) atoms. The highest BCUT2D eigenvalue weighted by Crippen LogP contribution is 1.94.